The van der Waals surface area contributed by atoms with E-state index in [9.17, 15) is 0 Å². The molecule has 1 atom stereocenters. The third kappa shape index (κ3) is 3.36. The minimum absolute atomic E-state index is 0.732. The van der Waals surface area contributed by atoms with Crippen LogP contribution in [0.4, 0.5) is 0 Å². The van der Waals surface area contributed by atoms with Crippen LogP contribution in [0.25, 0.3) is 0 Å². The van der Waals surface area contributed by atoms with E-state index in [0.717, 1.165) is 30.4 Å². The fourth-order valence-corrected chi connectivity index (χ4v) is 3.84. The van der Waals surface area contributed by atoms with Crippen molar-refractivity contribution in [3.8, 4) is 0 Å². The molecule has 0 amide bonds. The Labute approximate surface area is 97.5 Å². The van der Waals surface area contributed by atoms with Gasteiger partial charge in [0, 0.05) is 11.8 Å². The van der Waals surface area contributed by atoms with Crippen molar-refractivity contribution in [2.24, 2.45) is 5.92 Å². The number of ether oxygens (including phenoxy) is 1. The Kier molecular flexibility index (Phi) is 4.79. The van der Waals surface area contributed by atoms with Crippen LogP contribution in [-0.2, 0) is 4.74 Å². The average Bonchev–Trinajstić information content (AvgIpc) is 2.23. The first-order valence-electron chi connectivity index (χ1n) is 6.26. The first-order valence-corrected chi connectivity index (χ1v) is 7.31. The van der Waals surface area contributed by atoms with Crippen molar-refractivity contribution < 1.29 is 4.74 Å². The lowest BCUT2D eigenvalue weighted by Gasteiger charge is -2.32. The molecule has 1 aliphatic heterocycles. The largest absolute Gasteiger partial charge is 0.379 e. The van der Waals surface area contributed by atoms with Crippen molar-refractivity contribution in [2.75, 3.05) is 26.0 Å². The van der Waals surface area contributed by atoms with Crippen LogP contribution in [0.2, 0.25) is 0 Å². The SMILES string of the molecule is CNC(CSC1COC1)C1CCCCC1. The van der Waals surface area contributed by atoms with Gasteiger partial charge in [-0.15, -0.1) is 0 Å². The average molecular weight is 229 g/mol. The zero-order valence-corrected chi connectivity index (χ0v) is 10.5. The zero-order valence-electron chi connectivity index (χ0n) is 9.71. The maximum Gasteiger partial charge on any atom is 0.0607 e. The predicted molar refractivity (Wildman–Crippen MR) is 66.5 cm³/mol. The van der Waals surface area contributed by atoms with Crippen molar-refractivity contribution in [1.82, 2.24) is 5.32 Å². The van der Waals surface area contributed by atoms with Crippen LogP contribution in [0, 0.1) is 5.92 Å². The molecular weight excluding hydrogens is 206 g/mol. The summed E-state index contributed by atoms with van der Waals surface area (Å²) in [6, 6.07) is 0.732. The van der Waals surface area contributed by atoms with Gasteiger partial charge in [-0.3, -0.25) is 0 Å². The van der Waals surface area contributed by atoms with E-state index in [4.69, 9.17) is 4.74 Å². The third-order valence-electron chi connectivity index (χ3n) is 3.71. The first-order chi connectivity index (χ1) is 7.40. The van der Waals surface area contributed by atoms with Crippen molar-refractivity contribution in [3.63, 3.8) is 0 Å². The normalized spacial score (nSPS) is 26.2. The summed E-state index contributed by atoms with van der Waals surface area (Å²) in [6.07, 6.45) is 7.22. The lowest BCUT2D eigenvalue weighted by Crippen LogP contribution is -2.39. The van der Waals surface area contributed by atoms with E-state index in [-0.39, 0.29) is 0 Å². The fraction of sp³-hybridized carbons (Fsp3) is 1.00. The summed E-state index contributed by atoms with van der Waals surface area (Å²) in [5.74, 6) is 2.20. The Morgan fingerprint density at radius 3 is 2.53 bits per heavy atom. The van der Waals surface area contributed by atoms with Gasteiger partial charge in [0.1, 0.15) is 0 Å². The molecule has 0 bridgehead atoms. The minimum atomic E-state index is 0.732. The molecule has 1 aliphatic carbocycles. The molecule has 0 aromatic rings. The smallest absolute Gasteiger partial charge is 0.0607 e. The van der Waals surface area contributed by atoms with Gasteiger partial charge in [0.25, 0.3) is 0 Å². The Hall–Kier alpha value is 0.270. The summed E-state index contributed by atoms with van der Waals surface area (Å²) in [5, 5.41) is 4.30. The van der Waals surface area contributed by atoms with Crippen molar-refractivity contribution >= 4 is 11.8 Å². The number of hydrogen-bond acceptors (Lipinski definition) is 3. The van der Waals surface area contributed by atoms with E-state index in [1.807, 2.05) is 0 Å². The maximum atomic E-state index is 5.21. The zero-order chi connectivity index (χ0) is 10.5. The Balaban J connectivity index is 1.69. The van der Waals surface area contributed by atoms with E-state index < -0.39 is 0 Å². The molecule has 0 aromatic carbocycles. The molecule has 88 valence electrons. The number of nitrogens with one attached hydrogen (secondary N) is 1. The molecular formula is C12H23NOS. The number of thioether (sulfide) groups is 1. The highest BCUT2D eigenvalue weighted by Crippen LogP contribution is 2.29. The molecule has 1 unspecified atom stereocenters. The second kappa shape index (κ2) is 6.12. The van der Waals surface area contributed by atoms with E-state index in [2.05, 4.69) is 24.1 Å². The lowest BCUT2D eigenvalue weighted by atomic mass is 9.84. The topological polar surface area (TPSA) is 21.3 Å². The van der Waals surface area contributed by atoms with Crippen LogP contribution < -0.4 is 5.32 Å². The highest BCUT2D eigenvalue weighted by molar-refractivity contribution is 8.00. The van der Waals surface area contributed by atoms with Crippen LogP contribution in [0.3, 0.4) is 0 Å². The van der Waals surface area contributed by atoms with E-state index in [0.29, 0.717) is 0 Å². The van der Waals surface area contributed by atoms with Gasteiger partial charge in [-0.25, -0.2) is 0 Å². The highest BCUT2D eigenvalue weighted by atomic mass is 32.2. The van der Waals surface area contributed by atoms with Crippen molar-refractivity contribution in [2.45, 2.75) is 43.4 Å². The number of rotatable bonds is 5. The predicted octanol–water partition coefficient (Wildman–Crippen LogP) is 2.29. The Bertz CT molecular complexity index is 178. The minimum Gasteiger partial charge on any atom is -0.379 e. The van der Waals surface area contributed by atoms with Gasteiger partial charge in [0.05, 0.1) is 18.5 Å². The van der Waals surface area contributed by atoms with Crippen LogP contribution in [0.1, 0.15) is 32.1 Å². The molecule has 1 heterocycles. The molecule has 2 rings (SSSR count). The molecule has 0 radical (unpaired) electrons. The maximum absolute atomic E-state index is 5.21. The molecule has 2 aliphatic rings. The molecule has 1 saturated heterocycles. The quantitative estimate of drug-likeness (QED) is 0.781. The fourth-order valence-electron chi connectivity index (χ4n) is 2.54. The second-order valence-corrected chi connectivity index (χ2v) is 6.12. The molecule has 1 N–H and O–H groups in total. The van der Waals surface area contributed by atoms with Gasteiger partial charge in [0.2, 0.25) is 0 Å². The van der Waals surface area contributed by atoms with Crippen LogP contribution in [0.15, 0.2) is 0 Å². The van der Waals surface area contributed by atoms with Crippen LogP contribution in [-0.4, -0.2) is 37.3 Å². The number of hydrogen-bond donors (Lipinski definition) is 1. The van der Waals surface area contributed by atoms with E-state index >= 15 is 0 Å². The van der Waals surface area contributed by atoms with Crippen molar-refractivity contribution in [3.05, 3.63) is 0 Å². The third-order valence-corrected chi connectivity index (χ3v) is 5.00. The summed E-state index contributed by atoms with van der Waals surface area (Å²) in [5.41, 5.74) is 0. The highest BCUT2D eigenvalue weighted by Gasteiger charge is 2.25. The van der Waals surface area contributed by atoms with Gasteiger partial charge in [-0.1, -0.05) is 19.3 Å². The second-order valence-electron chi connectivity index (χ2n) is 4.79. The molecule has 0 aromatic heterocycles. The first kappa shape index (κ1) is 11.7. The molecule has 15 heavy (non-hydrogen) atoms. The summed E-state index contributed by atoms with van der Waals surface area (Å²) in [4.78, 5) is 0. The lowest BCUT2D eigenvalue weighted by molar-refractivity contribution is 0.0454. The summed E-state index contributed by atoms with van der Waals surface area (Å²) >= 11 is 2.10. The van der Waals surface area contributed by atoms with Gasteiger partial charge in [-0.05, 0) is 25.8 Å². The molecule has 2 nitrogen and oxygen atoms in total. The van der Waals surface area contributed by atoms with E-state index in [1.165, 1.54) is 37.9 Å². The summed E-state index contributed by atoms with van der Waals surface area (Å²) in [7, 11) is 2.12. The van der Waals surface area contributed by atoms with Gasteiger partial charge in [0.15, 0.2) is 0 Å². The summed E-state index contributed by atoms with van der Waals surface area (Å²) in [6.45, 7) is 1.96. The van der Waals surface area contributed by atoms with Gasteiger partial charge in [-0.2, -0.15) is 11.8 Å². The van der Waals surface area contributed by atoms with E-state index in [1.54, 1.807) is 0 Å². The Morgan fingerprint density at radius 2 is 2.00 bits per heavy atom. The standard InChI is InChI=1S/C12H23NOS/c1-13-12(9-15-11-7-14-8-11)10-5-3-2-4-6-10/h10-13H,2-9H2,1H3. The Morgan fingerprint density at radius 1 is 1.27 bits per heavy atom. The molecule has 0 spiro atoms. The molecule has 1 saturated carbocycles. The van der Waals surface area contributed by atoms with Crippen molar-refractivity contribution in [1.29, 1.82) is 0 Å². The van der Waals surface area contributed by atoms with Gasteiger partial charge < -0.3 is 10.1 Å². The van der Waals surface area contributed by atoms with Crippen LogP contribution in [0.5, 0.6) is 0 Å². The van der Waals surface area contributed by atoms with Crippen LogP contribution >= 0.6 is 11.8 Å². The van der Waals surface area contributed by atoms with Gasteiger partial charge >= 0.3 is 0 Å². The monoisotopic (exact) mass is 229 g/mol. The summed E-state index contributed by atoms with van der Waals surface area (Å²) < 4.78 is 5.21. The molecule has 3 heteroatoms. The molecule has 2 fully saturated rings.